The summed E-state index contributed by atoms with van der Waals surface area (Å²) in [5.41, 5.74) is 6.22. The minimum absolute atomic E-state index is 0.213. The number of nitrogens with zero attached hydrogens (tertiary/aromatic N) is 1. The van der Waals surface area contributed by atoms with Gasteiger partial charge < -0.3 is 15.6 Å². The molecule has 0 aromatic rings. The van der Waals surface area contributed by atoms with E-state index < -0.39 is 0 Å². The lowest BCUT2D eigenvalue weighted by Gasteiger charge is -2.34. The Morgan fingerprint density at radius 3 is 2.50 bits per heavy atom. The maximum atomic E-state index is 9.05. The van der Waals surface area contributed by atoms with E-state index in [1.54, 1.807) is 7.11 Å². The van der Waals surface area contributed by atoms with Crippen LogP contribution in [0.2, 0.25) is 0 Å². The summed E-state index contributed by atoms with van der Waals surface area (Å²) in [5.74, 6) is 0. The lowest BCUT2D eigenvalue weighted by molar-refractivity contribution is 0.0940. The predicted octanol–water partition coefficient (Wildman–Crippen LogP) is 0.446. The molecule has 4 nitrogen and oxygen atoms in total. The first-order valence-electron chi connectivity index (χ1n) is 6.28. The Morgan fingerprint density at radius 2 is 2.00 bits per heavy atom. The van der Waals surface area contributed by atoms with E-state index in [1.165, 1.54) is 25.7 Å². The summed E-state index contributed by atoms with van der Waals surface area (Å²) in [5, 5.41) is 9.05. The first-order valence-corrected chi connectivity index (χ1v) is 6.28. The van der Waals surface area contributed by atoms with Crippen molar-refractivity contribution in [2.24, 2.45) is 11.1 Å². The molecular formula is C12H26N2O2. The summed E-state index contributed by atoms with van der Waals surface area (Å²) in [7, 11) is 1.71. The van der Waals surface area contributed by atoms with Crippen molar-refractivity contribution in [3.63, 3.8) is 0 Å². The van der Waals surface area contributed by atoms with Gasteiger partial charge in [0, 0.05) is 26.7 Å². The molecule has 0 aromatic heterocycles. The standard InChI is InChI=1S/C12H26N2O2/c1-16-9-7-14(6-8-15)11-12(10-13)4-2-3-5-12/h15H,2-11,13H2,1H3. The van der Waals surface area contributed by atoms with Crippen molar-refractivity contribution in [1.29, 1.82) is 0 Å². The summed E-state index contributed by atoms with van der Waals surface area (Å²) in [4.78, 5) is 2.28. The Morgan fingerprint density at radius 1 is 1.31 bits per heavy atom. The van der Waals surface area contributed by atoms with Crippen LogP contribution in [0.15, 0.2) is 0 Å². The summed E-state index contributed by atoms with van der Waals surface area (Å²) >= 11 is 0. The fourth-order valence-electron chi connectivity index (χ4n) is 2.66. The van der Waals surface area contributed by atoms with Gasteiger partial charge in [-0.25, -0.2) is 0 Å². The van der Waals surface area contributed by atoms with Gasteiger partial charge in [-0.1, -0.05) is 12.8 Å². The molecule has 0 spiro atoms. The highest BCUT2D eigenvalue weighted by molar-refractivity contribution is 4.88. The van der Waals surface area contributed by atoms with E-state index in [2.05, 4.69) is 4.90 Å². The summed E-state index contributed by atoms with van der Waals surface area (Å²) in [6, 6.07) is 0. The number of ether oxygens (including phenoxy) is 1. The van der Waals surface area contributed by atoms with Gasteiger partial charge in [-0.2, -0.15) is 0 Å². The van der Waals surface area contributed by atoms with E-state index >= 15 is 0 Å². The first kappa shape index (κ1) is 13.9. The van der Waals surface area contributed by atoms with Crippen LogP contribution >= 0.6 is 0 Å². The van der Waals surface area contributed by atoms with Crippen LogP contribution in [0.3, 0.4) is 0 Å². The highest BCUT2D eigenvalue weighted by atomic mass is 16.5. The average molecular weight is 230 g/mol. The van der Waals surface area contributed by atoms with Crippen LogP contribution in [0, 0.1) is 5.41 Å². The Kier molecular flexibility index (Phi) is 6.28. The van der Waals surface area contributed by atoms with Gasteiger partial charge in [0.1, 0.15) is 0 Å². The third kappa shape index (κ3) is 4.01. The lowest BCUT2D eigenvalue weighted by Crippen LogP contribution is -2.43. The molecule has 3 N–H and O–H groups in total. The van der Waals surface area contributed by atoms with Gasteiger partial charge in [-0.05, 0) is 24.8 Å². The molecule has 1 fully saturated rings. The SMILES string of the molecule is COCCN(CCO)CC1(CN)CCCC1. The molecule has 0 aromatic carbocycles. The second kappa shape index (κ2) is 7.22. The molecule has 1 aliphatic rings. The molecule has 1 rings (SSSR count). The number of aliphatic hydroxyl groups excluding tert-OH is 1. The normalized spacial score (nSPS) is 19.5. The Hall–Kier alpha value is -0.160. The largest absolute Gasteiger partial charge is 0.395 e. The Balaban J connectivity index is 2.44. The van der Waals surface area contributed by atoms with Gasteiger partial charge in [0.15, 0.2) is 0 Å². The predicted molar refractivity (Wildman–Crippen MR) is 65.4 cm³/mol. The van der Waals surface area contributed by atoms with Gasteiger partial charge in [0.2, 0.25) is 0 Å². The van der Waals surface area contributed by atoms with Crippen LogP contribution in [0.4, 0.5) is 0 Å². The van der Waals surface area contributed by atoms with E-state index in [-0.39, 0.29) is 6.61 Å². The van der Waals surface area contributed by atoms with E-state index in [9.17, 15) is 0 Å². The molecule has 0 amide bonds. The fourth-order valence-corrected chi connectivity index (χ4v) is 2.66. The van der Waals surface area contributed by atoms with Crippen molar-refractivity contribution < 1.29 is 9.84 Å². The quantitative estimate of drug-likeness (QED) is 0.635. The fraction of sp³-hybridized carbons (Fsp3) is 1.00. The molecule has 1 saturated carbocycles. The van der Waals surface area contributed by atoms with Crippen molar-refractivity contribution >= 4 is 0 Å². The smallest absolute Gasteiger partial charge is 0.0589 e. The molecule has 0 bridgehead atoms. The maximum Gasteiger partial charge on any atom is 0.0589 e. The number of aliphatic hydroxyl groups is 1. The molecule has 1 aliphatic carbocycles. The number of hydrogen-bond acceptors (Lipinski definition) is 4. The summed E-state index contributed by atoms with van der Waals surface area (Å²) < 4.78 is 5.10. The summed E-state index contributed by atoms with van der Waals surface area (Å²) in [6.07, 6.45) is 5.07. The van der Waals surface area contributed by atoms with E-state index in [4.69, 9.17) is 15.6 Å². The number of methoxy groups -OCH3 is 1. The van der Waals surface area contributed by atoms with E-state index in [1.807, 2.05) is 0 Å². The van der Waals surface area contributed by atoms with Crippen molar-refractivity contribution in [2.75, 3.05) is 46.5 Å². The molecule has 0 heterocycles. The molecule has 0 aliphatic heterocycles. The van der Waals surface area contributed by atoms with Crippen molar-refractivity contribution in [3.8, 4) is 0 Å². The van der Waals surface area contributed by atoms with Gasteiger partial charge in [-0.15, -0.1) is 0 Å². The topological polar surface area (TPSA) is 58.7 Å². The minimum atomic E-state index is 0.213. The maximum absolute atomic E-state index is 9.05. The molecule has 0 saturated heterocycles. The Labute approximate surface area is 98.8 Å². The Bertz CT molecular complexity index is 182. The highest BCUT2D eigenvalue weighted by Crippen LogP contribution is 2.37. The third-order valence-corrected chi connectivity index (χ3v) is 3.68. The summed E-state index contributed by atoms with van der Waals surface area (Å²) in [6.45, 7) is 4.32. The van der Waals surface area contributed by atoms with Gasteiger partial charge in [0.25, 0.3) is 0 Å². The van der Waals surface area contributed by atoms with Crippen LogP contribution in [-0.4, -0.2) is 56.5 Å². The molecular weight excluding hydrogens is 204 g/mol. The molecule has 0 atom stereocenters. The van der Waals surface area contributed by atoms with Crippen LogP contribution in [0.1, 0.15) is 25.7 Å². The second-order valence-electron chi connectivity index (χ2n) is 4.90. The van der Waals surface area contributed by atoms with Gasteiger partial charge >= 0.3 is 0 Å². The first-order chi connectivity index (χ1) is 7.76. The average Bonchev–Trinajstić information content (AvgIpc) is 2.75. The van der Waals surface area contributed by atoms with Crippen molar-refractivity contribution in [1.82, 2.24) is 4.90 Å². The van der Waals surface area contributed by atoms with Gasteiger partial charge in [-0.3, -0.25) is 4.90 Å². The van der Waals surface area contributed by atoms with Crippen LogP contribution < -0.4 is 5.73 Å². The lowest BCUT2D eigenvalue weighted by atomic mass is 9.85. The highest BCUT2D eigenvalue weighted by Gasteiger charge is 2.33. The molecule has 0 unspecified atom stereocenters. The molecule has 96 valence electrons. The monoisotopic (exact) mass is 230 g/mol. The van der Waals surface area contributed by atoms with Crippen molar-refractivity contribution in [3.05, 3.63) is 0 Å². The van der Waals surface area contributed by atoms with E-state index in [0.717, 1.165) is 32.8 Å². The van der Waals surface area contributed by atoms with Crippen LogP contribution in [-0.2, 0) is 4.74 Å². The van der Waals surface area contributed by atoms with Crippen LogP contribution in [0.5, 0.6) is 0 Å². The van der Waals surface area contributed by atoms with E-state index in [0.29, 0.717) is 5.41 Å². The van der Waals surface area contributed by atoms with Gasteiger partial charge in [0.05, 0.1) is 13.2 Å². The number of rotatable bonds is 8. The molecule has 0 radical (unpaired) electrons. The third-order valence-electron chi connectivity index (χ3n) is 3.68. The van der Waals surface area contributed by atoms with Crippen molar-refractivity contribution in [2.45, 2.75) is 25.7 Å². The zero-order valence-electron chi connectivity index (χ0n) is 10.5. The number of hydrogen-bond donors (Lipinski definition) is 2. The minimum Gasteiger partial charge on any atom is -0.395 e. The molecule has 16 heavy (non-hydrogen) atoms. The van der Waals surface area contributed by atoms with Crippen LogP contribution in [0.25, 0.3) is 0 Å². The molecule has 4 heteroatoms. The number of nitrogens with two attached hydrogens (primary N) is 1. The zero-order chi connectivity index (χ0) is 11.9. The second-order valence-corrected chi connectivity index (χ2v) is 4.90. The zero-order valence-corrected chi connectivity index (χ0v) is 10.5.